The van der Waals surface area contributed by atoms with Gasteiger partial charge in [0.15, 0.2) is 10.4 Å². The fourth-order valence-electron chi connectivity index (χ4n) is 2.86. The van der Waals surface area contributed by atoms with Gasteiger partial charge in [0.2, 0.25) is 0 Å². The van der Waals surface area contributed by atoms with E-state index in [1.807, 2.05) is 31.7 Å². The second-order valence-corrected chi connectivity index (χ2v) is 6.72. The minimum absolute atomic E-state index is 0.0369. The molecule has 0 radical (unpaired) electrons. The molecule has 1 amide bonds. The normalized spacial score (nSPS) is 16.1. The highest BCUT2D eigenvalue weighted by atomic mass is 79.9. The third-order valence-electron chi connectivity index (χ3n) is 4.30. The number of hydrogen-bond donors (Lipinski definition) is 0. The molecule has 2 aromatic rings. The van der Waals surface area contributed by atoms with E-state index in [1.165, 1.54) is 0 Å². The first-order chi connectivity index (χ1) is 11.0. The highest BCUT2D eigenvalue weighted by Crippen LogP contribution is 2.22. The lowest BCUT2D eigenvalue weighted by Gasteiger charge is -2.34. The predicted octanol–water partition coefficient (Wildman–Crippen LogP) is 2.91. The van der Waals surface area contributed by atoms with Crippen LogP contribution in [0.15, 0.2) is 19.7 Å². The Hall–Kier alpha value is -1.60. The van der Waals surface area contributed by atoms with E-state index in [0.717, 1.165) is 42.2 Å². The average molecular weight is 382 g/mol. The van der Waals surface area contributed by atoms with Crippen LogP contribution >= 0.6 is 15.9 Å². The third-order valence-corrected chi connectivity index (χ3v) is 4.70. The fraction of sp³-hybridized carbons (Fsp3) is 0.500. The molecule has 0 N–H and O–H groups in total. The summed E-state index contributed by atoms with van der Waals surface area (Å²) in [5.74, 6) is 1.26. The summed E-state index contributed by atoms with van der Waals surface area (Å²) in [6.45, 7) is 9.65. The second kappa shape index (κ2) is 6.49. The molecule has 0 atom stereocenters. The van der Waals surface area contributed by atoms with Gasteiger partial charge in [-0.15, -0.1) is 0 Å². The molecule has 0 spiro atoms. The van der Waals surface area contributed by atoms with E-state index in [2.05, 4.69) is 26.0 Å². The molecule has 1 aliphatic rings. The third kappa shape index (κ3) is 3.35. The van der Waals surface area contributed by atoms with Crippen molar-refractivity contribution in [1.82, 2.24) is 15.0 Å². The zero-order chi connectivity index (χ0) is 16.6. The van der Waals surface area contributed by atoms with Crippen LogP contribution in [-0.2, 0) is 6.54 Å². The van der Waals surface area contributed by atoms with Crippen molar-refractivity contribution >= 4 is 21.8 Å². The first kappa shape index (κ1) is 16.3. The summed E-state index contributed by atoms with van der Waals surface area (Å²) >= 11 is 3.27. The number of aromatic nitrogens is 1. The first-order valence-electron chi connectivity index (χ1n) is 7.65. The van der Waals surface area contributed by atoms with Crippen molar-refractivity contribution in [1.29, 1.82) is 0 Å². The Morgan fingerprint density at radius 2 is 1.96 bits per heavy atom. The molecular formula is C16H20BrN3O3. The molecule has 0 saturated carbocycles. The quantitative estimate of drug-likeness (QED) is 0.817. The van der Waals surface area contributed by atoms with E-state index >= 15 is 0 Å². The van der Waals surface area contributed by atoms with E-state index in [4.69, 9.17) is 8.94 Å². The van der Waals surface area contributed by atoms with Crippen LogP contribution in [0, 0.1) is 20.8 Å². The van der Waals surface area contributed by atoms with Crippen LogP contribution in [0.5, 0.6) is 0 Å². The molecule has 1 aliphatic heterocycles. The number of halogens is 1. The van der Waals surface area contributed by atoms with Crippen LogP contribution in [-0.4, -0.2) is 47.0 Å². The van der Waals surface area contributed by atoms with Crippen LogP contribution in [0.3, 0.4) is 0 Å². The summed E-state index contributed by atoms with van der Waals surface area (Å²) in [5, 5.41) is 3.99. The van der Waals surface area contributed by atoms with Gasteiger partial charge in [0.1, 0.15) is 5.76 Å². The Kier molecular flexibility index (Phi) is 4.59. The van der Waals surface area contributed by atoms with Crippen LogP contribution in [0.4, 0.5) is 0 Å². The first-order valence-corrected chi connectivity index (χ1v) is 8.44. The second-order valence-electron chi connectivity index (χ2n) is 5.93. The van der Waals surface area contributed by atoms with E-state index < -0.39 is 0 Å². The lowest BCUT2D eigenvalue weighted by Crippen LogP contribution is -2.48. The monoisotopic (exact) mass is 381 g/mol. The molecule has 0 bridgehead atoms. The summed E-state index contributed by atoms with van der Waals surface area (Å²) in [6.07, 6.45) is 0. The van der Waals surface area contributed by atoms with Gasteiger partial charge in [0, 0.05) is 43.9 Å². The summed E-state index contributed by atoms with van der Waals surface area (Å²) in [5.41, 5.74) is 2.95. The molecule has 3 rings (SSSR count). The molecule has 124 valence electrons. The van der Waals surface area contributed by atoms with Gasteiger partial charge in [-0.25, -0.2) is 0 Å². The summed E-state index contributed by atoms with van der Waals surface area (Å²) in [4.78, 5) is 16.7. The van der Waals surface area contributed by atoms with Crippen LogP contribution in [0.2, 0.25) is 0 Å². The van der Waals surface area contributed by atoms with Gasteiger partial charge < -0.3 is 13.8 Å². The van der Waals surface area contributed by atoms with Crippen LogP contribution in [0.25, 0.3) is 0 Å². The number of carbonyl (C=O) groups is 1. The molecule has 23 heavy (non-hydrogen) atoms. The Balaban J connectivity index is 1.60. The van der Waals surface area contributed by atoms with Gasteiger partial charge in [-0.1, -0.05) is 5.16 Å². The highest BCUT2D eigenvalue weighted by molar-refractivity contribution is 9.10. The number of furan rings is 1. The number of rotatable bonds is 3. The van der Waals surface area contributed by atoms with Gasteiger partial charge >= 0.3 is 0 Å². The Labute approximate surface area is 143 Å². The Morgan fingerprint density at radius 1 is 1.26 bits per heavy atom. The van der Waals surface area contributed by atoms with E-state index in [0.29, 0.717) is 23.5 Å². The van der Waals surface area contributed by atoms with Gasteiger partial charge in [-0.05, 0) is 42.8 Å². The van der Waals surface area contributed by atoms with E-state index in [9.17, 15) is 4.79 Å². The summed E-state index contributed by atoms with van der Waals surface area (Å²) < 4.78 is 11.3. The molecule has 0 aliphatic carbocycles. The zero-order valence-corrected chi connectivity index (χ0v) is 15.1. The number of hydrogen-bond acceptors (Lipinski definition) is 5. The van der Waals surface area contributed by atoms with Gasteiger partial charge in [-0.3, -0.25) is 9.69 Å². The predicted molar refractivity (Wildman–Crippen MR) is 88.3 cm³/mol. The largest absolute Gasteiger partial charge is 0.444 e. The molecule has 7 heteroatoms. The summed E-state index contributed by atoms with van der Waals surface area (Å²) in [7, 11) is 0. The van der Waals surface area contributed by atoms with Crippen LogP contribution in [0.1, 0.15) is 33.1 Å². The van der Waals surface area contributed by atoms with Crippen LogP contribution < -0.4 is 0 Å². The molecule has 1 fully saturated rings. The molecular weight excluding hydrogens is 362 g/mol. The van der Waals surface area contributed by atoms with Crippen molar-refractivity contribution in [2.75, 3.05) is 26.2 Å². The molecule has 0 aromatic carbocycles. The number of nitrogens with zero attached hydrogens (tertiary/aromatic N) is 3. The minimum Gasteiger partial charge on any atom is -0.444 e. The number of amides is 1. The molecule has 0 unspecified atom stereocenters. The number of carbonyl (C=O) groups excluding carboxylic acids is 1. The smallest absolute Gasteiger partial charge is 0.289 e. The number of aryl methyl sites for hydroxylation is 3. The minimum atomic E-state index is -0.0369. The Bertz CT molecular complexity index is 695. The fourth-order valence-corrected chi connectivity index (χ4v) is 3.36. The molecule has 2 aromatic heterocycles. The maximum atomic E-state index is 12.5. The molecule has 6 nitrogen and oxygen atoms in total. The number of piperazine rings is 1. The maximum absolute atomic E-state index is 12.5. The van der Waals surface area contributed by atoms with Crippen molar-refractivity contribution in [3.05, 3.63) is 39.1 Å². The maximum Gasteiger partial charge on any atom is 0.289 e. The lowest BCUT2D eigenvalue weighted by atomic mass is 10.1. The van der Waals surface area contributed by atoms with Crippen molar-refractivity contribution in [3.8, 4) is 0 Å². The highest BCUT2D eigenvalue weighted by Gasteiger charge is 2.26. The molecule has 1 saturated heterocycles. The summed E-state index contributed by atoms with van der Waals surface area (Å²) in [6, 6.07) is 1.82. The topological polar surface area (TPSA) is 62.7 Å². The SMILES string of the molecule is Cc1cc(Br)oc1C(=O)N1CCN(Cc2c(C)noc2C)CC1. The Morgan fingerprint density at radius 3 is 2.48 bits per heavy atom. The lowest BCUT2D eigenvalue weighted by molar-refractivity contribution is 0.0594. The van der Waals surface area contributed by atoms with Crippen molar-refractivity contribution in [2.24, 2.45) is 0 Å². The standard InChI is InChI=1S/C16H20BrN3O3/c1-10-8-14(17)22-15(10)16(21)20-6-4-19(5-7-20)9-13-11(2)18-23-12(13)3/h8H,4-7,9H2,1-3H3. The van der Waals surface area contributed by atoms with Gasteiger partial charge in [-0.2, -0.15) is 0 Å². The van der Waals surface area contributed by atoms with Gasteiger partial charge in [0.25, 0.3) is 5.91 Å². The average Bonchev–Trinajstić information content (AvgIpc) is 3.03. The van der Waals surface area contributed by atoms with E-state index in [-0.39, 0.29) is 5.91 Å². The van der Waals surface area contributed by atoms with Crippen molar-refractivity contribution in [3.63, 3.8) is 0 Å². The van der Waals surface area contributed by atoms with E-state index in [1.54, 1.807) is 0 Å². The molecule has 3 heterocycles. The van der Waals surface area contributed by atoms with Crippen molar-refractivity contribution in [2.45, 2.75) is 27.3 Å². The van der Waals surface area contributed by atoms with Gasteiger partial charge in [0.05, 0.1) is 5.69 Å². The van der Waals surface area contributed by atoms with Crippen molar-refractivity contribution < 1.29 is 13.7 Å². The zero-order valence-electron chi connectivity index (χ0n) is 13.6.